The molecule has 0 unspecified atom stereocenters. The number of piperidine rings is 1. The molecule has 9 nitrogen and oxygen atoms in total. The molecule has 33 heavy (non-hydrogen) atoms. The van der Waals surface area contributed by atoms with E-state index in [0.29, 0.717) is 37.9 Å². The molecule has 0 radical (unpaired) electrons. The second-order valence-electron chi connectivity index (χ2n) is 9.66. The number of ether oxygens (including phenoxy) is 1. The molecule has 0 aliphatic carbocycles. The molecule has 0 spiro atoms. The quantitative estimate of drug-likeness (QED) is 0.471. The fourth-order valence-electron chi connectivity index (χ4n) is 5.50. The van der Waals surface area contributed by atoms with Crippen molar-refractivity contribution in [3.8, 4) is 0 Å². The molecular formula is C23H36N4O5S. The van der Waals surface area contributed by atoms with Crippen molar-refractivity contribution in [3.05, 3.63) is 28.3 Å². The molecule has 0 aromatic heterocycles. The zero-order valence-electron chi connectivity index (χ0n) is 19.7. The van der Waals surface area contributed by atoms with Crippen molar-refractivity contribution in [2.45, 2.75) is 75.5 Å². The van der Waals surface area contributed by atoms with Gasteiger partial charge >= 0.3 is 0 Å². The molecule has 4 rings (SSSR count). The first-order valence-corrected chi connectivity index (χ1v) is 13.6. The number of nitrogens with zero attached hydrogens (tertiary/aromatic N) is 4. The number of anilines is 1. The van der Waals surface area contributed by atoms with Crippen molar-refractivity contribution in [2.75, 3.05) is 44.2 Å². The summed E-state index contributed by atoms with van der Waals surface area (Å²) in [6.45, 7) is 8.41. The Morgan fingerprint density at radius 3 is 2.15 bits per heavy atom. The number of rotatable bonds is 5. The zero-order valence-corrected chi connectivity index (χ0v) is 20.5. The Morgan fingerprint density at radius 2 is 1.58 bits per heavy atom. The van der Waals surface area contributed by atoms with E-state index < -0.39 is 14.9 Å². The summed E-state index contributed by atoms with van der Waals surface area (Å²) in [5.74, 6) is 0. The monoisotopic (exact) mass is 480 g/mol. The van der Waals surface area contributed by atoms with Crippen LogP contribution in [0.4, 0.5) is 11.4 Å². The number of hydrogen-bond donors (Lipinski definition) is 0. The first-order chi connectivity index (χ1) is 15.8. The molecule has 10 heteroatoms. The molecular weight excluding hydrogens is 444 g/mol. The molecule has 184 valence electrons. The number of morpholine rings is 1. The highest BCUT2D eigenvalue weighted by Gasteiger charge is 2.33. The molecule has 0 saturated carbocycles. The van der Waals surface area contributed by atoms with Gasteiger partial charge in [-0.25, -0.2) is 8.42 Å². The van der Waals surface area contributed by atoms with Crippen LogP contribution < -0.4 is 4.90 Å². The van der Waals surface area contributed by atoms with Gasteiger partial charge in [-0.1, -0.05) is 12.8 Å². The summed E-state index contributed by atoms with van der Waals surface area (Å²) in [6, 6.07) is 4.87. The van der Waals surface area contributed by atoms with Crippen LogP contribution in [0.5, 0.6) is 0 Å². The highest BCUT2D eigenvalue weighted by atomic mass is 32.2. The SMILES string of the molecule is C[C@@H]1CN(C2CCN(c3ccc(S(=O)(=O)N4CCCCCC4)cc3[N+](=O)[O-])CC2)C[C@@H](C)O1. The van der Waals surface area contributed by atoms with Crippen LogP contribution in [-0.2, 0) is 14.8 Å². The molecule has 3 heterocycles. The van der Waals surface area contributed by atoms with Gasteiger partial charge in [-0.3, -0.25) is 15.0 Å². The van der Waals surface area contributed by atoms with E-state index in [-0.39, 0.29) is 22.8 Å². The standard InChI is InChI=1S/C23H36N4O5S/c1-18-16-25(17-19(2)32-18)20-9-13-24(14-10-20)22-8-7-21(15-23(22)27(28)29)33(30,31)26-11-5-3-4-6-12-26/h7-8,15,18-20H,3-6,9-14,16-17H2,1-2H3/t18-,19-/m1/s1. The summed E-state index contributed by atoms with van der Waals surface area (Å²) in [5, 5.41) is 11.9. The lowest BCUT2D eigenvalue weighted by Crippen LogP contribution is -2.53. The maximum Gasteiger partial charge on any atom is 0.293 e. The van der Waals surface area contributed by atoms with E-state index >= 15 is 0 Å². The summed E-state index contributed by atoms with van der Waals surface area (Å²) >= 11 is 0. The number of nitro groups is 1. The summed E-state index contributed by atoms with van der Waals surface area (Å²) in [6.07, 6.45) is 5.96. The van der Waals surface area contributed by atoms with Gasteiger partial charge in [-0.15, -0.1) is 0 Å². The van der Waals surface area contributed by atoms with Crippen LogP contribution in [0.1, 0.15) is 52.4 Å². The van der Waals surface area contributed by atoms with Crippen LogP contribution in [0, 0.1) is 10.1 Å². The minimum atomic E-state index is -3.73. The first-order valence-electron chi connectivity index (χ1n) is 12.2. The number of hydrogen-bond acceptors (Lipinski definition) is 7. The molecule has 3 aliphatic rings. The molecule has 1 aromatic rings. The van der Waals surface area contributed by atoms with Gasteiger partial charge in [0.15, 0.2) is 0 Å². The van der Waals surface area contributed by atoms with Crippen LogP contribution in [-0.4, -0.2) is 80.1 Å². The highest BCUT2D eigenvalue weighted by Crippen LogP contribution is 2.34. The Kier molecular flexibility index (Phi) is 7.57. The fourth-order valence-corrected chi connectivity index (χ4v) is 7.03. The van der Waals surface area contributed by atoms with E-state index in [2.05, 4.69) is 18.7 Å². The van der Waals surface area contributed by atoms with Crippen LogP contribution in [0.2, 0.25) is 0 Å². The third-order valence-corrected chi connectivity index (χ3v) is 9.01. The maximum absolute atomic E-state index is 13.1. The Hall–Kier alpha value is -1.75. The second-order valence-corrected chi connectivity index (χ2v) is 11.6. The van der Waals surface area contributed by atoms with E-state index in [0.717, 1.165) is 51.6 Å². The third kappa shape index (κ3) is 5.50. The van der Waals surface area contributed by atoms with Gasteiger partial charge in [-0.2, -0.15) is 4.31 Å². The Balaban J connectivity index is 1.49. The van der Waals surface area contributed by atoms with Crippen molar-refractivity contribution in [2.24, 2.45) is 0 Å². The van der Waals surface area contributed by atoms with Crippen LogP contribution in [0.3, 0.4) is 0 Å². The van der Waals surface area contributed by atoms with Gasteiger partial charge in [0.25, 0.3) is 5.69 Å². The van der Waals surface area contributed by atoms with Gasteiger partial charge in [0, 0.05) is 51.4 Å². The molecule has 3 fully saturated rings. The molecule has 0 N–H and O–H groups in total. The molecule has 0 bridgehead atoms. The van der Waals surface area contributed by atoms with Gasteiger partial charge in [0.2, 0.25) is 10.0 Å². The summed E-state index contributed by atoms with van der Waals surface area (Å²) in [5.41, 5.74) is 0.384. The van der Waals surface area contributed by atoms with Crippen LogP contribution >= 0.6 is 0 Å². The zero-order chi connectivity index (χ0) is 23.6. The highest BCUT2D eigenvalue weighted by molar-refractivity contribution is 7.89. The van der Waals surface area contributed by atoms with Gasteiger partial charge in [-0.05, 0) is 51.7 Å². The first kappa shape index (κ1) is 24.4. The number of sulfonamides is 1. The molecule has 3 aliphatic heterocycles. The van der Waals surface area contributed by atoms with Crippen LogP contribution in [0.15, 0.2) is 23.1 Å². The average molecular weight is 481 g/mol. The maximum atomic E-state index is 13.1. The second kappa shape index (κ2) is 10.2. The van der Waals surface area contributed by atoms with Crippen molar-refractivity contribution in [3.63, 3.8) is 0 Å². The van der Waals surface area contributed by atoms with Crippen molar-refractivity contribution < 1.29 is 18.1 Å². The van der Waals surface area contributed by atoms with Crippen molar-refractivity contribution >= 4 is 21.4 Å². The molecule has 1 aromatic carbocycles. The number of nitro benzene ring substituents is 1. The van der Waals surface area contributed by atoms with Crippen molar-refractivity contribution in [1.29, 1.82) is 0 Å². The van der Waals surface area contributed by atoms with Gasteiger partial charge < -0.3 is 9.64 Å². The lowest BCUT2D eigenvalue weighted by molar-refractivity contribution is -0.384. The predicted molar refractivity (Wildman–Crippen MR) is 127 cm³/mol. The van der Waals surface area contributed by atoms with E-state index in [1.165, 1.54) is 10.4 Å². The lowest BCUT2D eigenvalue weighted by Gasteiger charge is -2.44. The minimum Gasteiger partial charge on any atom is -0.373 e. The van der Waals surface area contributed by atoms with Gasteiger partial charge in [0.05, 0.1) is 22.0 Å². The smallest absolute Gasteiger partial charge is 0.293 e. The summed E-state index contributed by atoms with van der Waals surface area (Å²) < 4.78 is 33.6. The molecule has 3 saturated heterocycles. The van der Waals surface area contributed by atoms with E-state index in [9.17, 15) is 18.5 Å². The van der Waals surface area contributed by atoms with Gasteiger partial charge in [0.1, 0.15) is 5.69 Å². The normalized spacial score (nSPS) is 26.8. The van der Waals surface area contributed by atoms with E-state index in [1.807, 2.05) is 4.90 Å². The predicted octanol–water partition coefficient (Wildman–Crippen LogP) is 3.24. The largest absolute Gasteiger partial charge is 0.373 e. The average Bonchev–Trinajstić information content (AvgIpc) is 3.08. The van der Waals surface area contributed by atoms with Crippen LogP contribution in [0.25, 0.3) is 0 Å². The minimum absolute atomic E-state index is 0.0195. The molecule has 0 amide bonds. The topological polar surface area (TPSA) is 96.2 Å². The fraction of sp³-hybridized carbons (Fsp3) is 0.739. The molecule has 2 atom stereocenters. The Labute approximate surface area is 196 Å². The van der Waals surface area contributed by atoms with E-state index in [1.54, 1.807) is 12.1 Å². The Bertz CT molecular complexity index is 930. The lowest BCUT2D eigenvalue weighted by atomic mass is 10.0. The van der Waals surface area contributed by atoms with E-state index in [4.69, 9.17) is 4.74 Å². The van der Waals surface area contributed by atoms with Crippen molar-refractivity contribution in [1.82, 2.24) is 9.21 Å². The third-order valence-electron chi connectivity index (χ3n) is 7.12. The Morgan fingerprint density at radius 1 is 0.970 bits per heavy atom. The summed E-state index contributed by atoms with van der Waals surface area (Å²) in [4.78, 5) is 16.0. The number of benzene rings is 1. The summed E-state index contributed by atoms with van der Waals surface area (Å²) in [7, 11) is -3.73.